The standard InChI is InChI=1S/C15H29NO4/c1-3-4-5-6-7-8-9-10-15(2)19-12-13(20-15)11-18-14(16)17/h13H,3-12H2,1-2H3,(H2,16,17)/t13-,15+/m1/s1. The fraction of sp³-hybridized carbons (Fsp3) is 0.933. The Morgan fingerprint density at radius 3 is 2.55 bits per heavy atom. The largest absolute Gasteiger partial charge is 0.447 e. The van der Waals surface area contributed by atoms with Gasteiger partial charge in [0.1, 0.15) is 12.7 Å². The van der Waals surface area contributed by atoms with Crippen LogP contribution in [-0.2, 0) is 14.2 Å². The first-order valence-corrected chi connectivity index (χ1v) is 7.80. The molecule has 0 saturated carbocycles. The van der Waals surface area contributed by atoms with E-state index in [1.165, 1.54) is 38.5 Å². The van der Waals surface area contributed by atoms with Crippen LogP contribution in [0.25, 0.3) is 0 Å². The van der Waals surface area contributed by atoms with E-state index in [2.05, 4.69) is 6.92 Å². The number of hydrogen-bond acceptors (Lipinski definition) is 4. The van der Waals surface area contributed by atoms with E-state index in [9.17, 15) is 4.79 Å². The van der Waals surface area contributed by atoms with Crippen LogP contribution in [0, 0.1) is 0 Å². The normalized spacial score (nSPS) is 25.8. The first-order valence-electron chi connectivity index (χ1n) is 7.80. The summed E-state index contributed by atoms with van der Waals surface area (Å²) in [5.41, 5.74) is 4.93. The van der Waals surface area contributed by atoms with E-state index in [1.54, 1.807) is 0 Å². The van der Waals surface area contributed by atoms with Crippen LogP contribution in [0.5, 0.6) is 0 Å². The fourth-order valence-electron chi connectivity index (χ4n) is 2.48. The van der Waals surface area contributed by atoms with Crippen LogP contribution in [-0.4, -0.2) is 31.2 Å². The second kappa shape index (κ2) is 9.19. The summed E-state index contributed by atoms with van der Waals surface area (Å²) in [6.45, 7) is 4.81. The Balaban J connectivity index is 2.06. The van der Waals surface area contributed by atoms with Gasteiger partial charge in [0.05, 0.1) is 6.61 Å². The van der Waals surface area contributed by atoms with E-state index in [-0.39, 0.29) is 12.7 Å². The van der Waals surface area contributed by atoms with E-state index in [0.29, 0.717) is 6.61 Å². The number of nitrogens with two attached hydrogens (primary N) is 1. The van der Waals surface area contributed by atoms with Gasteiger partial charge >= 0.3 is 6.09 Å². The lowest BCUT2D eigenvalue weighted by Gasteiger charge is -2.23. The lowest BCUT2D eigenvalue weighted by molar-refractivity contribution is -0.162. The van der Waals surface area contributed by atoms with Crippen molar-refractivity contribution in [1.29, 1.82) is 0 Å². The Kier molecular flexibility index (Phi) is 7.92. The van der Waals surface area contributed by atoms with Gasteiger partial charge in [0.2, 0.25) is 0 Å². The number of amides is 1. The minimum Gasteiger partial charge on any atom is -0.447 e. The monoisotopic (exact) mass is 287 g/mol. The molecule has 1 heterocycles. The molecule has 20 heavy (non-hydrogen) atoms. The van der Waals surface area contributed by atoms with Gasteiger partial charge in [-0.25, -0.2) is 4.79 Å². The number of carbonyl (C=O) groups is 1. The second-order valence-corrected chi connectivity index (χ2v) is 5.69. The van der Waals surface area contributed by atoms with Gasteiger partial charge < -0.3 is 19.9 Å². The second-order valence-electron chi connectivity index (χ2n) is 5.69. The summed E-state index contributed by atoms with van der Waals surface area (Å²) in [7, 11) is 0. The maximum absolute atomic E-state index is 10.5. The molecule has 1 aliphatic heterocycles. The van der Waals surface area contributed by atoms with Crippen LogP contribution < -0.4 is 5.73 Å². The van der Waals surface area contributed by atoms with Gasteiger partial charge in [0.15, 0.2) is 5.79 Å². The number of ether oxygens (including phenoxy) is 3. The van der Waals surface area contributed by atoms with Crippen molar-refractivity contribution in [3.8, 4) is 0 Å². The Hall–Kier alpha value is -0.810. The van der Waals surface area contributed by atoms with Gasteiger partial charge in [0.25, 0.3) is 0 Å². The Labute approximate surface area is 122 Å². The molecule has 0 aromatic carbocycles. The van der Waals surface area contributed by atoms with Crippen LogP contribution in [0.3, 0.4) is 0 Å². The molecule has 0 bridgehead atoms. The van der Waals surface area contributed by atoms with Crippen LogP contribution in [0.2, 0.25) is 0 Å². The molecule has 118 valence electrons. The van der Waals surface area contributed by atoms with Gasteiger partial charge in [-0.1, -0.05) is 45.4 Å². The molecular formula is C15H29NO4. The van der Waals surface area contributed by atoms with Gasteiger partial charge in [-0.05, 0) is 13.3 Å². The summed E-state index contributed by atoms with van der Waals surface area (Å²) in [5, 5.41) is 0. The lowest BCUT2D eigenvalue weighted by atomic mass is 10.1. The Morgan fingerprint density at radius 2 is 1.90 bits per heavy atom. The molecule has 0 aromatic heterocycles. The fourth-order valence-corrected chi connectivity index (χ4v) is 2.48. The summed E-state index contributed by atoms with van der Waals surface area (Å²) in [6, 6.07) is 0. The third kappa shape index (κ3) is 7.10. The molecule has 1 fully saturated rings. The molecule has 1 rings (SSSR count). The number of primary amides is 1. The third-order valence-electron chi connectivity index (χ3n) is 3.64. The van der Waals surface area contributed by atoms with Crippen molar-refractivity contribution < 1.29 is 19.0 Å². The summed E-state index contributed by atoms with van der Waals surface area (Å²) < 4.78 is 16.2. The summed E-state index contributed by atoms with van der Waals surface area (Å²) in [6.07, 6.45) is 8.80. The maximum atomic E-state index is 10.5. The maximum Gasteiger partial charge on any atom is 0.404 e. The van der Waals surface area contributed by atoms with Gasteiger partial charge in [-0.2, -0.15) is 0 Å². The van der Waals surface area contributed by atoms with E-state index in [0.717, 1.165) is 12.8 Å². The minimum atomic E-state index is -0.769. The lowest BCUT2D eigenvalue weighted by Crippen LogP contribution is -2.29. The highest BCUT2D eigenvalue weighted by atomic mass is 16.7. The number of rotatable bonds is 10. The summed E-state index contributed by atoms with van der Waals surface area (Å²) in [4.78, 5) is 10.5. The molecule has 0 radical (unpaired) electrons. The summed E-state index contributed by atoms with van der Waals surface area (Å²) in [5.74, 6) is -0.533. The minimum absolute atomic E-state index is 0.169. The summed E-state index contributed by atoms with van der Waals surface area (Å²) >= 11 is 0. The van der Waals surface area contributed by atoms with Crippen LogP contribution in [0.4, 0.5) is 4.79 Å². The zero-order valence-corrected chi connectivity index (χ0v) is 12.9. The van der Waals surface area contributed by atoms with Gasteiger partial charge in [-0.3, -0.25) is 0 Å². The molecule has 0 unspecified atom stereocenters. The average Bonchev–Trinajstić information content (AvgIpc) is 2.78. The molecule has 0 aromatic rings. The topological polar surface area (TPSA) is 70.8 Å². The highest BCUT2D eigenvalue weighted by Crippen LogP contribution is 2.29. The van der Waals surface area contributed by atoms with Gasteiger partial charge in [0, 0.05) is 6.42 Å². The van der Waals surface area contributed by atoms with E-state index < -0.39 is 11.9 Å². The van der Waals surface area contributed by atoms with Crippen molar-refractivity contribution in [2.24, 2.45) is 5.73 Å². The molecule has 0 aliphatic carbocycles. The molecule has 5 heteroatoms. The highest BCUT2D eigenvalue weighted by molar-refractivity contribution is 5.64. The number of carbonyl (C=O) groups excluding carboxylic acids is 1. The molecule has 1 amide bonds. The van der Waals surface area contributed by atoms with Crippen molar-refractivity contribution in [3.05, 3.63) is 0 Å². The average molecular weight is 287 g/mol. The van der Waals surface area contributed by atoms with Gasteiger partial charge in [-0.15, -0.1) is 0 Å². The Bertz CT molecular complexity index is 285. The zero-order chi connectivity index (χ0) is 14.8. The molecule has 5 nitrogen and oxygen atoms in total. The van der Waals surface area contributed by atoms with Crippen molar-refractivity contribution >= 4 is 6.09 Å². The number of hydrogen-bond donors (Lipinski definition) is 1. The first-order chi connectivity index (χ1) is 9.56. The van der Waals surface area contributed by atoms with Crippen molar-refractivity contribution in [1.82, 2.24) is 0 Å². The third-order valence-corrected chi connectivity index (χ3v) is 3.64. The molecule has 1 saturated heterocycles. The van der Waals surface area contributed by atoms with Crippen molar-refractivity contribution in [3.63, 3.8) is 0 Å². The zero-order valence-electron chi connectivity index (χ0n) is 12.9. The quantitative estimate of drug-likeness (QED) is 0.625. The smallest absolute Gasteiger partial charge is 0.404 e. The van der Waals surface area contributed by atoms with Crippen LogP contribution in [0.15, 0.2) is 0 Å². The molecule has 2 atom stereocenters. The Morgan fingerprint density at radius 1 is 1.25 bits per heavy atom. The number of unbranched alkanes of at least 4 members (excludes halogenated alkanes) is 6. The highest BCUT2D eigenvalue weighted by Gasteiger charge is 2.37. The SMILES string of the molecule is CCCCCCCCC[C@@]1(C)OC[C@@H](COC(N)=O)O1. The predicted molar refractivity (Wildman–Crippen MR) is 77.4 cm³/mol. The van der Waals surface area contributed by atoms with Crippen molar-refractivity contribution in [2.75, 3.05) is 13.2 Å². The molecular weight excluding hydrogens is 258 g/mol. The molecule has 2 N–H and O–H groups in total. The van der Waals surface area contributed by atoms with E-state index >= 15 is 0 Å². The predicted octanol–water partition coefficient (Wildman–Crippen LogP) is 3.35. The van der Waals surface area contributed by atoms with E-state index in [4.69, 9.17) is 19.9 Å². The van der Waals surface area contributed by atoms with Crippen LogP contribution >= 0.6 is 0 Å². The molecule has 1 aliphatic rings. The first kappa shape index (κ1) is 17.2. The van der Waals surface area contributed by atoms with E-state index in [1.807, 2.05) is 6.92 Å². The van der Waals surface area contributed by atoms with Crippen LogP contribution in [0.1, 0.15) is 65.2 Å². The van der Waals surface area contributed by atoms with Crippen molar-refractivity contribution in [2.45, 2.75) is 77.1 Å². The molecule has 0 spiro atoms.